The van der Waals surface area contributed by atoms with Crippen LogP contribution in [0, 0.1) is 5.92 Å². The molecule has 1 N–H and O–H groups in total. The molecule has 0 bridgehead atoms. The summed E-state index contributed by atoms with van der Waals surface area (Å²) in [6.07, 6.45) is 11.6. The fraction of sp³-hybridized carbons (Fsp3) is 0.438. The molecule has 1 aliphatic carbocycles. The highest BCUT2D eigenvalue weighted by molar-refractivity contribution is 6.02. The second kappa shape index (κ2) is 4.12. The fourth-order valence-electron chi connectivity index (χ4n) is 3.64. The van der Waals surface area contributed by atoms with Gasteiger partial charge in [-0.25, -0.2) is 4.98 Å². The summed E-state index contributed by atoms with van der Waals surface area (Å²) in [6, 6.07) is 5.00. The van der Waals surface area contributed by atoms with Crippen molar-refractivity contribution in [3.05, 3.63) is 30.7 Å². The van der Waals surface area contributed by atoms with Crippen molar-refractivity contribution in [2.45, 2.75) is 38.6 Å². The molecule has 0 amide bonds. The highest BCUT2D eigenvalue weighted by Gasteiger charge is 2.24. The van der Waals surface area contributed by atoms with Crippen molar-refractivity contribution in [1.82, 2.24) is 14.5 Å². The SMILES string of the molecule is C[C@@H]1CCCC[C@@H]1n1ccc2cnc3[nH]ccc3c21. The van der Waals surface area contributed by atoms with Gasteiger partial charge in [-0.2, -0.15) is 0 Å². The number of nitrogens with zero attached hydrogens (tertiary/aromatic N) is 2. The average Bonchev–Trinajstić information content (AvgIpc) is 3.04. The van der Waals surface area contributed by atoms with Crippen LogP contribution in [0.3, 0.4) is 0 Å². The highest BCUT2D eigenvalue weighted by atomic mass is 15.0. The minimum Gasteiger partial charge on any atom is -0.346 e. The lowest BCUT2D eigenvalue weighted by Gasteiger charge is -2.30. The number of aromatic amines is 1. The van der Waals surface area contributed by atoms with Gasteiger partial charge in [0.1, 0.15) is 5.65 Å². The van der Waals surface area contributed by atoms with Gasteiger partial charge < -0.3 is 9.55 Å². The number of pyridine rings is 1. The van der Waals surface area contributed by atoms with Crippen molar-refractivity contribution in [1.29, 1.82) is 0 Å². The second-order valence-corrected chi connectivity index (χ2v) is 5.85. The highest BCUT2D eigenvalue weighted by Crippen LogP contribution is 2.37. The van der Waals surface area contributed by atoms with E-state index in [0.717, 1.165) is 11.6 Å². The number of rotatable bonds is 1. The molecule has 0 radical (unpaired) electrons. The van der Waals surface area contributed by atoms with Crippen LogP contribution in [-0.4, -0.2) is 14.5 Å². The van der Waals surface area contributed by atoms with Crippen LogP contribution in [0.15, 0.2) is 30.7 Å². The van der Waals surface area contributed by atoms with Gasteiger partial charge in [0, 0.05) is 35.4 Å². The average molecular weight is 253 g/mol. The molecule has 3 heterocycles. The summed E-state index contributed by atoms with van der Waals surface area (Å²) in [6.45, 7) is 2.39. The maximum Gasteiger partial charge on any atom is 0.139 e. The molecule has 1 aliphatic rings. The first kappa shape index (κ1) is 11.1. The van der Waals surface area contributed by atoms with Crippen molar-refractivity contribution < 1.29 is 0 Å². The standard InChI is InChI=1S/C16H19N3/c1-11-4-2-3-5-14(11)19-9-7-12-10-18-16-13(15(12)19)6-8-17-16/h6-11,14H,2-5H2,1H3,(H,17,18)/t11-,14+/m1/s1. The van der Waals surface area contributed by atoms with E-state index in [9.17, 15) is 0 Å². The van der Waals surface area contributed by atoms with Gasteiger partial charge in [0.2, 0.25) is 0 Å². The Morgan fingerprint density at radius 1 is 1.26 bits per heavy atom. The summed E-state index contributed by atoms with van der Waals surface area (Å²) in [5, 5.41) is 2.50. The molecular formula is C16H19N3. The van der Waals surface area contributed by atoms with Crippen LogP contribution in [0.1, 0.15) is 38.6 Å². The Morgan fingerprint density at radius 2 is 2.16 bits per heavy atom. The first-order valence-electron chi connectivity index (χ1n) is 7.27. The topological polar surface area (TPSA) is 33.6 Å². The molecule has 0 aromatic carbocycles. The van der Waals surface area contributed by atoms with Gasteiger partial charge in [-0.3, -0.25) is 0 Å². The van der Waals surface area contributed by atoms with Gasteiger partial charge in [0.25, 0.3) is 0 Å². The Balaban J connectivity index is 1.96. The molecule has 0 aliphatic heterocycles. The number of H-pyrrole nitrogens is 1. The van der Waals surface area contributed by atoms with Crippen LogP contribution in [0.25, 0.3) is 21.9 Å². The normalized spacial score (nSPS) is 24.3. The predicted octanol–water partition coefficient (Wildman–Crippen LogP) is 4.27. The molecule has 98 valence electrons. The quantitative estimate of drug-likeness (QED) is 0.690. The van der Waals surface area contributed by atoms with Gasteiger partial charge in [-0.05, 0) is 30.9 Å². The molecule has 1 fully saturated rings. The summed E-state index contributed by atoms with van der Waals surface area (Å²) in [5.74, 6) is 0.770. The summed E-state index contributed by atoms with van der Waals surface area (Å²) in [4.78, 5) is 7.70. The maximum atomic E-state index is 4.48. The van der Waals surface area contributed by atoms with Gasteiger partial charge in [-0.1, -0.05) is 19.8 Å². The summed E-state index contributed by atoms with van der Waals surface area (Å²) in [5.41, 5.74) is 2.35. The van der Waals surface area contributed by atoms with Gasteiger partial charge in [0.05, 0.1) is 5.52 Å². The summed E-state index contributed by atoms with van der Waals surface area (Å²) < 4.78 is 2.50. The van der Waals surface area contributed by atoms with E-state index in [1.54, 1.807) is 0 Å². The van der Waals surface area contributed by atoms with Crippen molar-refractivity contribution in [2.75, 3.05) is 0 Å². The van der Waals surface area contributed by atoms with Crippen molar-refractivity contribution in [3.63, 3.8) is 0 Å². The number of fused-ring (bicyclic) bond motifs is 3. The largest absolute Gasteiger partial charge is 0.346 e. The smallest absolute Gasteiger partial charge is 0.139 e. The Morgan fingerprint density at radius 3 is 3.05 bits per heavy atom. The minimum atomic E-state index is 0.645. The molecule has 3 heteroatoms. The molecule has 0 spiro atoms. The summed E-state index contributed by atoms with van der Waals surface area (Å²) >= 11 is 0. The van der Waals surface area contributed by atoms with Crippen LogP contribution < -0.4 is 0 Å². The first-order chi connectivity index (χ1) is 9.34. The predicted molar refractivity (Wildman–Crippen MR) is 78.3 cm³/mol. The van der Waals surface area contributed by atoms with E-state index < -0.39 is 0 Å². The van der Waals surface area contributed by atoms with Crippen molar-refractivity contribution >= 4 is 21.9 Å². The third-order valence-electron chi connectivity index (χ3n) is 4.68. The Labute approximate surface area is 112 Å². The van der Waals surface area contributed by atoms with Crippen molar-refractivity contribution in [2.24, 2.45) is 5.92 Å². The van der Waals surface area contributed by atoms with E-state index >= 15 is 0 Å². The van der Waals surface area contributed by atoms with Crippen LogP contribution >= 0.6 is 0 Å². The number of nitrogens with one attached hydrogen (secondary N) is 1. The van der Waals surface area contributed by atoms with Gasteiger partial charge in [0.15, 0.2) is 0 Å². The number of aromatic nitrogens is 3. The van der Waals surface area contributed by atoms with E-state index in [1.807, 2.05) is 12.4 Å². The molecule has 1 saturated carbocycles. The van der Waals surface area contributed by atoms with Crippen molar-refractivity contribution in [3.8, 4) is 0 Å². The third-order valence-corrected chi connectivity index (χ3v) is 4.68. The third kappa shape index (κ3) is 1.61. The van der Waals surface area contributed by atoms with E-state index in [2.05, 4.69) is 39.8 Å². The fourth-order valence-corrected chi connectivity index (χ4v) is 3.64. The molecule has 3 aromatic heterocycles. The lowest BCUT2D eigenvalue weighted by Crippen LogP contribution is -2.20. The zero-order valence-electron chi connectivity index (χ0n) is 11.3. The van der Waals surface area contributed by atoms with Gasteiger partial charge >= 0.3 is 0 Å². The Bertz CT molecular complexity index is 722. The lowest BCUT2D eigenvalue weighted by atomic mass is 9.85. The minimum absolute atomic E-state index is 0.645. The molecule has 0 saturated heterocycles. The van der Waals surface area contributed by atoms with Crippen LogP contribution in [0.2, 0.25) is 0 Å². The monoisotopic (exact) mass is 253 g/mol. The zero-order valence-corrected chi connectivity index (χ0v) is 11.3. The van der Waals surface area contributed by atoms with E-state index in [1.165, 1.54) is 42.0 Å². The second-order valence-electron chi connectivity index (χ2n) is 5.85. The van der Waals surface area contributed by atoms with Crippen LogP contribution in [0.4, 0.5) is 0 Å². The Kier molecular flexibility index (Phi) is 2.40. The maximum absolute atomic E-state index is 4.48. The van der Waals surface area contributed by atoms with E-state index in [-0.39, 0.29) is 0 Å². The molecule has 19 heavy (non-hydrogen) atoms. The lowest BCUT2D eigenvalue weighted by molar-refractivity contribution is 0.263. The zero-order chi connectivity index (χ0) is 12.8. The van der Waals surface area contributed by atoms with Crippen LogP contribution in [-0.2, 0) is 0 Å². The van der Waals surface area contributed by atoms with Gasteiger partial charge in [-0.15, -0.1) is 0 Å². The molecular weight excluding hydrogens is 234 g/mol. The molecule has 0 unspecified atom stereocenters. The first-order valence-corrected chi connectivity index (χ1v) is 7.27. The van der Waals surface area contributed by atoms with Crippen LogP contribution in [0.5, 0.6) is 0 Å². The molecule has 3 aromatic rings. The molecule has 2 atom stereocenters. The molecule has 4 rings (SSSR count). The number of hydrogen-bond acceptors (Lipinski definition) is 1. The number of hydrogen-bond donors (Lipinski definition) is 1. The Hall–Kier alpha value is -1.77. The van der Waals surface area contributed by atoms with E-state index in [0.29, 0.717) is 6.04 Å². The summed E-state index contributed by atoms with van der Waals surface area (Å²) in [7, 11) is 0. The van der Waals surface area contributed by atoms with E-state index in [4.69, 9.17) is 0 Å². The molecule has 3 nitrogen and oxygen atoms in total.